The molecule has 1 aliphatic rings. The van der Waals surface area contributed by atoms with E-state index in [-0.39, 0.29) is 0 Å². The van der Waals surface area contributed by atoms with E-state index in [2.05, 4.69) is 5.43 Å². The Balaban J connectivity index is 1.71. The lowest BCUT2D eigenvalue weighted by Crippen LogP contribution is -2.41. The molecule has 3 rings (SSSR count). The van der Waals surface area contributed by atoms with Gasteiger partial charge in [-0.3, -0.25) is 10.2 Å². The molecule has 0 unspecified atom stereocenters. The zero-order valence-electron chi connectivity index (χ0n) is 12.8. The van der Waals surface area contributed by atoms with Gasteiger partial charge >= 0.3 is 0 Å². The molecular weight excluding hydrogens is 351 g/mol. The normalized spacial score (nSPS) is 14.7. The van der Waals surface area contributed by atoms with Crippen molar-refractivity contribution >= 4 is 27.3 Å². The summed E-state index contributed by atoms with van der Waals surface area (Å²) in [5, 5.41) is 0. The first-order chi connectivity index (χ1) is 11.5. The Bertz CT molecular complexity index is 838. The van der Waals surface area contributed by atoms with Gasteiger partial charge in [-0.25, -0.2) is 12.8 Å². The standard InChI is InChI=1S/C16H17FN2O3S2/c17-12-7-4-5-9-15(12)24(21,22)19-18-16(20)14-10-11-6-2-1-3-8-13(11)23-14/h4-5,7,9-10,19H,1-3,6,8H2,(H,18,20). The Morgan fingerprint density at radius 3 is 2.67 bits per heavy atom. The van der Waals surface area contributed by atoms with Crippen LogP contribution < -0.4 is 10.3 Å². The van der Waals surface area contributed by atoms with Crippen molar-refractivity contribution in [1.29, 1.82) is 0 Å². The molecule has 1 amide bonds. The molecular formula is C16H17FN2O3S2. The van der Waals surface area contributed by atoms with Gasteiger partial charge in [-0.05, 0) is 49.4 Å². The van der Waals surface area contributed by atoms with Crippen LogP contribution in [-0.2, 0) is 22.9 Å². The predicted molar refractivity (Wildman–Crippen MR) is 89.8 cm³/mol. The van der Waals surface area contributed by atoms with E-state index in [0.29, 0.717) is 4.88 Å². The molecule has 2 aromatic rings. The van der Waals surface area contributed by atoms with E-state index < -0.39 is 26.6 Å². The second kappa shape index (κ2) is 7.00. The van der Waals surface area contributed by atoms with Gasteiger partial charge < -0.3 is 0 Å². The minimum Gasteiger partial charge on any atom is -0.273 e. The summed E-state index contributed by atoms with van der Waals surface area (Å²) in [7, 11) is -4.15. The Morgan fingerprint density at radius 2 is 1.88 bits per heavy atom. The van der Waals surface area contributed by atoms with Crippen molar-refractivity contribution in [2.75, 3.05) is 0 Å². The predicted octanol–water partition coefficient (Wildman–Crippen LogP) is 2.78. The lowest BCUT2D eigenvalue weighted by Gasteiger charge is -2.08. The minimum atomic E-state index is -4.15. The number of thiophene rings is 1. The van der Waals surface area contributed by atoms with E-state index in [1.165, 1.54) is 40.3 Å². The van der Waals surface area contributed by atoms with Crippen LogP contribution in [-0.4, -0.2) is 14.3 Å². The number of fused-ring (bicyclic) bond motifs is 1. The lowest BCUT2D eigenvalue weighted by molar-refractivity contribution is 0.0949. The summed E-state index contributed by atoms with van der Waals surface area (Å²) in [6.45, 7) is 0. The molecule has 2 N–H and O–H groups in total. The van der Waals surface area contributed by atoms with E-state index in [0.717, 1.165) is 37.8 Å². The molecule has 0 fully saturated rings. The smallest absolute Gasteiger partial charge is 0.273 e. The molecule has 0 saturated heterocycles. The monoisotopic (exact) mass is 368 g/mol. The van der Waals surface area contributed by atoms with Crippen LogP contribution in [0, 0.1) is 5.82 Å². The van der Waals surface area contributed by atoms with Crippen molar-refractivity contribution in [3.8, 4) is 0 Å². The van der Waals surface area contributed by atoms with E-state index in [1.54, 1.807) is 0 Å². The Morgan fingerprint density at radius 1 is 1.12 bits per heavy atom. The van der Waals surface area contributed by atoms with Crippen LogP contribution >= 0.6 is 11.3 Å². The van der Waals surface area contributed by atoms with E-state index >= 15 is 0 Å². The number of hydrazine groups is 1. The topological polar surface area (TPSA) is 75.3 Å². The average Bonchev–Trinajstić information content (AvgIpc) is 2.84. The molecule has 128 valence electrons. The van der Waals surface area contributed by atoms with Gasteiger partial charge in [0.15, 0.2) is 0 Å². The number of hydrogen-bond donors (Lipinski definition) is 2. The quantitative estimate of drug-likeness (QED) is 0.644. The number of carbonyl (C=O) groups is 1. The summed E-state index contributed by atoms with van der Waals surface area (Å²) >= 11 is 1.39. The highest BCUT2D eigenvalue weighted by atomic mass is 32.2. The molecule has 24 heavy (non-hydrogen) atoms. The van der Waals surface area contributed by atoms with Gasteiger partial charge in [0.25, 0.3) is 15.9 Å². The molecule has 1 aliphatic carbocycles. The highest BCUT2D eigenvalue weighted by Gasteiger charge is 2.21. The van der Waals surface area contributed by atoms with Crippen LogP contribution in [0.1, 0.15) is 39.4 Å². The first kappa shape index (κ1) is 17.1. The average molecular weight is 368 g/mol. The van der Waals surface area contributed by atoms with Gasteiger partial charge in [0.05, 0.1) is 4.88 Å². The van der Waals surface area contributed by atoms with E-state index in [1.807, 2.05) is 10.9 Å². The molecule has 0 radical (unpaired) electrons. The number of nitrogens with one attached hydrogen (secondary N) is 2. The molecule has 1 aromatic carbocycles. The third kappa shape index (κ3) is 3.66. The SMILES string of the molecule is O=C(NNS(=O)(=O)c1ccccc1F)c1cc2c(s1)CCCCC2. The number of benzene rings is 1. The number of rotatable bonds is 4. The molecule has 8 heteroatoms. The summed E-state index contributed by atoms with van der Waals surface area (Å²) < 4.78 is 37.7. The number of halogens is 1. The Hall–Kier alpha value is -1.77. The first-order valence-electron chi connectivity index (χ1n) is 7.65. The minimum absolute atomic E-state index is 0.457. The van der Waals surface area contributed by atoms with Crippen molar-refractivity contribution in [2.24, 2.45) is 0 Å². The zero-order chi connectivity index (χ0) is 17.2. The van der Waals surface area contributed by atoms with Crippen LogP contribution in [0.15, 0.2) is 35.2 Å². The van der Waals surface area contributed by atoms with Crippen molar-refractivity contribution < 1.29 is 17.6 Å². The summed E-state index contributed by atoms with van der Waals surface area (Å²) in [5.41, 5.74) is 3.32. The molecule has 0 bridgehead atoms. The lowest BCUT2D eigenvalue weighted by atomic mass is 10.1. The van der Waals surface area contributed by atoms with Gasteiger partial charge in [0.2, 0.25) is 0 Å². The van der Waals surface area contributed by atoms with Crippen LogP contribution in [0.3, 0.4) is 0 Å². The molecule has 0 saturated carbocycles. The second-order valence-electron chi connectivity index (χ2n) is 5.61. The number of amides is 1. The largest absolute Gasteiger partial charge is 0.276 e. The third-order valence-electron chi connectivity index (χ3n) is 3.90. The number of sulfonamides is 1. The van der Waals surface area contributed by atoms with Gasteiger partial charge in [-0.2, -0.15) is 0 Å². The maximum atomic E-state index is 13.6. The Labute approximate surface area is 143 Å². The molecule has 0 aliphatic heterocycles. The van der Waals surface area contributed by atoms with Crippen molar-refractivity contribution in [3.05, 3.63) is 51.5 Å². The molecule has 1 heterocycles. The van der Waals surface area contributed by atoms with Crippen molar-refractivity contribution in [2.45, 2.75) is 37.0 Å². The number of hydrogen-bond acceptors (Lipinski definition) is 4. The van der Waals surface area contributed by atoms with Crippen LogP contribution in [0.5, 0.6) is 0 Å². The fraction of sp³-hybridized carbons (Fsp3) is 0.312. The second-order valence-corrected chi connectivity index (χ2v) is 8.40. The number of aryl methyl sites for hydroxylation is 2. The molecule has 5 nitrogen and oxygen atoms in total. The van der Waals surface area contributed by atoms with E-state index in [9.17, 15) is 17.6 Å². The maximum absolute atomic E-state index is 13.6. The summed E-state index contributed by atoms with van der Waals surface area (Å²) in [6, 6.07) is 6.81. The third-order valence-corrected chi connectivity index (χ3v) is 6.41. The Kier molecular flexibility index (Phi) is 4.98. The maximum Gasteiger partial charge on any atom is 0.276 e. The summed E-state index contributed by atoms with van der Waals surface area (Å²) in [6.07, 6.45) is 5.29. The van der Waals surface area contributed by atoms with Gasteiger partial charge in [0, 0.05) is 4.88 Å². The summed E-state index contributed by atoms with van der Waals surface area (Å²) in [4.78, 5) is 15.3. The molecule has 1 aromatic heterocycles. The highest BCUT2D eigenvalue weighted by Crippen LogP contribution is 2.28. The molecule has 0 atom stereocenters. The van der Waals surface area contributed by atoms with E-state index in [4.69, 9.17) is 0 Å². The summed E-state index contributed by atoms with van der Waals surface area (Å²) in [5.74, 6) is -1.41. The van der Waals surface area contributed by atoms with Crippen LogP contribution in [0.25, 0.3) is 0 Å². The van der Waals surface area contributed by atoms with Crippen LogP contribution in [0.4, 0.5) is 4.39 Å². The zero-order valence-corrected chi connectivity index (χ0v) is 14.5. The fourth-order valence-corrected chi connectivity index (χ4v) is 4.74. The van der Waals surface area contributed by atoms with Gasteiger partial charge in [-0.15, -0.1) is 16.2 Å². The fourth-order valence-electron chi connectivity index (χ4n) is 2.67. The van der Waals surface area contributed by atoms with Gasteiger partial charge in [0.1, 0.15) is 10.7 Å². The van der Waals surface area contributed by atoms with Crippen molar-refractivity contribution in [1.82, 2.24) is 10.3 Å². The molecule has 0 spiro atoms. The first-order valence-corrected chi connectivity index (χ1v) is 9.95. The highest BCUT2D eigenvalue weighted by molar-refractivity contribution is 7.89. The number of carbonyl (C=O) groups excluding carboxylic acids is 1. The van der Waals surface area contributed by atoms with Gasteiger partial charge in [-0.1, -0.05) is 18.6 Å². The van der Waals surface area contributed by atoms with Crippen molar-refractivity contribution in [3.63, 3.8) is 0 Å². The van der Waals surface area contributed by atoms with Crippen LogP contribution in [0.2, 0.25) is 0 Å².